The molecule has 0 aliphatic carbocycles. The van der Waals surface area contributed by atoms with Crippen molar-refractivity contribution < 1.29 is 17.6 Å². The van der Waals surface area contributed by atoms with E-state index in [0.717, 1.165) is 11.3 Å². The van der Waals surface area contributed by atoms with E-state index >= 15 is 0 Å². The molecule has 0 aliphatic heterocycles. The fraction of sp³-hybridized carbons (Fsp3) is 0.125. The first-order valence-corrected chi connectivity index (χ1v) is 9.50. The number of pyridine rings is 1. The lowest BCUT2D eigenvalue weighted by atomic mass is 10.2. The van der Waals surface area contributed by atoms with Crippen molar-refractivity contribution in [1.82, 2.24) is 10.3 Å². The zero-order valence-electron chi connectivity index (χ0n) is 12.5. The molecular formula is C16H14N2O4S2. The van der Waals surface area contributed by atoms with Crippen LogP contribution in [0, 0.1) is 0 Å². The maximum Gasteiger partial charge on any atom is 0.287 e. The van der Waals surface area contributed by atoms with E-state index in [4.69, 9.17) is 4.42 Å². The Hall–Kier alpha value is -2.45. The van der Waals surface area contributed by atoms with Crippen molar-refractivity contribution in [2.45, 2.75) is 9.46 Å². The fourth-order valence-electron chi connectivity index (χ4n) is 2.22. The molecule has 0 aliphatic rings. The summed E-state index contributed by atoms with van der Waals surface area (Å²) in [6, 6.07) is 9.69. The fourth-order valence-corrected chi connectivity index (χ4v) is 5.07. The first-order chi connectivity index (χ1) is 11.6. The van der Waals surface area contributed by atoms with Gasteiger partial charge in [-0.3, -0.25) is 9.78 Å². The average Bonchev–Trinajstić information content (AvgIpc) is 3.29. The minimum absolute atomic E-state index is 0.0779. The highest BCUT2D eigenvalue weighted by atomic mass is 32.2. The third-order valence-electron chi connectivity index (χ3n) is 3.40. The summed E-state index contributed by atoms with van der Waals surface area (Å²) < 4.78 is 31.1. The SMILES string of the molecule is O=C(NC[C@@H](c1cccnc1)S(=O)(=O)c1cccs1)c1ccco1. The zero-order valence-corrected chi connectivity index (χ0v) is 14.1. The number of amides is 1. The van der Waals surface area contributed by atoms with Crippen LogP contribution in [-0.4, -0.2) is 25.9 Å². The molecule has 0 fully saturated rings. The maximum atomic E-state index is 12.9. The molecule has 24 heavy (non-hydrogen) atoms. The lowest BCUT2D eigenvalue weighted by Crippen LogP contribution is -2.31. The molecule has 3 heterocycles. The lowest BCUT2D eigenvalue weighted by Gasteiger charge is -2.17. The topological polar surface area (TPSA) is 89.3 Å². The molecule has 0 saturated heterocycles. The highest BCUT2D eigenvalue weighted by Gasteiger charge is 2.30. The summed E-state index contributed by atoms with van der Waals surface area (Å²) in [6.07, 6.45) is 4.45. The smallest absolute Gasteiger partial charge is 0.287 e. The van der Waals surface area contributed by atoms with Crippen molar-refractivity contribution >= 4 is 27.1 Å². The summed E-state index contributed by atoms with van der Waals surface area (Å²) >= 11 is 1.15. The summed E-state index contributed by atoms with van der Waals surface area (Å²) in [7, 11) is -3.64. The van der Waals surface area contributed by atoms with Crippen LogP contribution in [0.5, 0.6) is 0 Å². The van der Waals surface area contributed by atoms with Crippen LogP contribution in [0.3, 0.4) is 0 Å². The minimum atomic E-state index is -3.64. The molecule has 6 nitrogen and oxygen atoms in total. The molecule has 3 aromatic heterocycles. The van der Waals surface area contributed by atoms with Crippen molar-refractivity contribution in [3.63, 3.8) is 0 Å². The molecule has 0 bridgehead atoms. The molecule has 3 rings (SSSR count). The number of carbonyl (C=O) groups is 1. The average molecular weight is 362 g/mol. The number of sulfone groups is 1. The van der Waals surface area contributed by atoms with Gasteiger partial charge in [-0.15, -0.1) is 11.3 Å². The largest absolute Gasteiger partial charge is 0.459 e. The number of thiophene rings is 1. The molecule has 0 radical (unpaired) electrons. The number of hydrogen-bond donors (Lipinski definition) is 1. The van der Waals surface area contributed by atoms with Crippen LogP contribution < -0.4 is 5.32 Å². The summed E-state index contributed by atoms with van der Waals surface area (Å²) in [5.41, 5.74) is 0.519. The molecule has 0 spiro atoms. The number of rotatable bonds is 6. The quantitative estimate of drug-likeness (QED) is 0.728. The second-order valence-corrected chi connectivity index (χ2v) is 8.24. The van der Waals surface area contributed by atoms with Gasteiger partial charge in [0.15, 0.2) is 15.6 Å². The summed E-state index contributed by atoms with van der Waals surface area (Å²) in [6.45, 7) is -0.0779. The van der Waals surface area contributed by atoms with Gasteiger partial charge < -0.3 is 9.73 Å². The Bertz CT molecular complexity index is 889. The van der Waals surface area contributed by atoms with E-state index in [0.29, 0.717) is 5.56 Å². The van der Waals surface area contributed by atoms with Gasteiger partial charge >= 0.3 is 0 Å². The van der Waals surface area contributed by atoms with Crippen LogP contribution in [-0.2, 0) is 9.84 Å². The molecule has 0 saturated carbocycles. The van der Waals surface area contributed by atoms with Gasteiger partial charge in [-0.25, -0.2) is 8.42 Å². The molecular weight excluding hydrogens is 348 g/mol. The predicted molar refractivity (Wildman–Crippen MR) is 89.5 cm³/mol. The number of furan rings is 1. The zero-order chi connectivity index (χ0) is 17.0. The monoisotopic (exact) mass is 362 g/mol. The van der Waals surface area contributed by atoms with Gasteiger partial charge in [0.1, 0.15) is 9.46 Å². The van der Waals surface area contributed by atoms with Gasteiger partial charge in [-0.2, -0.15) is 0 Å². The van der Waals surface area contributed by atoms with Gasteiger partial charge in [-0.1, -0.05) is 12.1 Å². The van der Waals surface area contributed by atoms with Crippen molar-refractivity contribution in [3.8, 4) is 0 Å². The Balaban J connectivity index is 1.87. The van der Waals surface area contributed by atoms with Crippen LogP contribution in [0.2, 0.25) is 0 Å². The van der Waals surface area contributed by atoms with Gasteiger partial charge in [0.25, 0.3) is 5.91 Å². The minimum Gasteiger partial charge on any atom is -0.459 e. The molecule has 0 unspecified atom stereocenters. The van der Waals surface area contributed by atoms with E-state index in [-0.39, 0.29) is 16.5 Å². The second kappa shape index (κ2) is 6.98. The molecule has 1 atom stereocenters. The predicted octanol–water partition coefficient (Wildman–Crippen LogP) is 2.68. The van der Waals surface area contributed by atoms with E-state index in [1.807, 2.05) is 0 Å². The normalized spacial score (nSPS) is 12.7. The highest BCUT2D eigenvalue weighted by molar-refractivity contribution is 7.93. The Morgan fingerprint density at radius 3 is 2.75 bits per heavy atom. The number of nitrogens with one attached hydrogen (secondary N) is 1. The third-order valence-corrected chi connectivity index (χ3v) is 6.93. The summed E-state index contributed by atoms with van der Waals surface area (Å²) in [5.74, 6) is -0.330. The molecule has 1 amide bonds. The number of carbonyl (C=O) groups excluding carboxylic acids is 1. The van der Waals surface area contributed by atoms with Crippen molar-refractivity contribution in [2.75, 3.05) is 6.54 Å². The van der Waals surface area contributed by atoms with E-state index in [1.54, 1.807) is 41.9 Å². The Kier molecular flexibility index (Phi) is 4.77. The van der Waals surface area contributed by atoms with E-state index in [2.05, 4.69) is 10.3 Å². The number of nitrogens with zero attached hydrogens (tertiary/aromatic N) is 1. The second-order valence-electron chi connectivity index (χ2n) is 4.94. The Morgan fingerprint density at radius 1 is 1.25 bits per heavy atom. The summed E-state index contributed by atoms with van der Waals surface area (Å²) in [4.78, 5) is 16.0. The molecule has 1 N–H and O–H groups in total. The molecule has 8 heteroatoms. The lowest BCUT2D eigenvalue weighted by molar-refractivity contribution is 0.0926. The van der Waals surface area contributed by atoms with Crippen LogP contribution in [0.25, 0.3) is 0 Å². The van der Waals surface area contributed by atoms with E-state index in [1.165, 1.54) is 18.5 Å². The van der Waals surface area contributed by atoms with Crippen molar-refractivity contribution in [3.05, 3.63) is 71.8 Å². The first-order valence-electron chi connectivity index (χ1n) is 7.08. The van der Waals surface area contributed by atoms with Crippen LogP contribution in [0.1, 0.15) is 21.4 Å². The van der Waals surface area contributed by atoms with E-state index < -0.39 is 21.0 Å². The first kappa shape index (κ1) is 16.4. The third kappa shape index (κ3) is 3.39. The van der Waals surface area contributed by atoms with Gasteiger partial charge in [0, 0.05) is 18.9 Å². The van der Waals surface area contributed by atoms with Crippen LogP contribution in [0.15, 0.2) is 69.1 Å². The Labute approximate surface area is 143 Å². The molecule has 0 aromatic carbocycles. The highest BCUT2D eigenvalue weighted by Crippen LogP contribution is 2.30. The molecule has 3 aromatic rings. The Morgan fingerprint density at radius 2 is 2.12 bits per heavy atom. The van der Waals surface area contributed by atoms with Crippen molar-refractivity contribution in [2.24, 2.45) is 0 Å². The molecule has 124 valence electrons. The number of hydrogen-bond acceptors (Lipinski definition) is 6. The summed E-state index contributed by atoms with van der Waals surface area (Å²) in [5, 5.41) is 3.39. The maximum absolute atomic E-state index is 12.9. The van der Waals surface area contributed by atoms with Crippen LogP contribution in [0.4, 0.5) is 0 Å². The van der Waals surface area contributed by atoms with Crippen molar-refractivity contribution in [1.29, 1.82) is 0 Å². The van der Waals surface area contributed by atoms with Gasteiger partial charge in [0.05, 0.1) is 6.26 Å². The van der Waals surface area contributed by atoms with Gasteiger partial charge in [0.2, 0.25) is 0 Å². The standard InChI is InChI=1S/C16H14N2O4S2/c19-16(13-5-2-8-22-13)18-11-14(12-4-1-7-17-10-12)24(20,21)15-6-3-9-23-15/h1-10,14H,11H2,(H,18,19)/t14-/m0/s1. The van der Waals surface area contributed by atoms with Crippen LogP contribution >= 0.6 is 11.3 Å². The van der Waals surface area contributed by atoms with Gasteiger partial charge in [-0.05, 0) is 35.2 Å². The van der Waals surface area contributed by atoms with E-state index in [9.17, 15) is 13.2 Å². The number of aromatic nitrogens is 1.